The van der Waals surface area contributed by atoms with Gasteiger partial charge in [-0.1, -0.05) is 24.6 Å². The lowest BCUT2D eigenvalue weighted by molar-refractivity contribution is 0.209. The van der Waals surface area contributed by atoms with Gasteiger partial charge in [0, 0.05) is 4.90 Å². The minimum absolute atomic E-state index is 0.395. The first-order valence-electron chi connectivity index (χ1n) is 8.18. The smallest absolute Gasteiger partial charge is 0.119 e. The molecule has 110 valence electrons. The van der Waals surface area contributed by atoms with Crippen molar-refractivity contribution in [3.8, 4) is 5.75 Å². The molecule has 1 aliphatic heterocycles. The van der Waals surface area contributed by atoms with Crippen LogP contribution in [0.15, 0.2) is 29.2 Å². The van der Waals surface area contributed by atoms with E-state index in [1.165, 1.54) is 62.0 Å². The Morgan fingerprint density at radius 3 is 2.45 bits per heavy atom. The molecule has 2 heteroatoms. The molecule has 1 saturated carbocycles. The highest BCUT2D eigenvalue weighted by molar-refractivity contribution is 8.15. The van der Waals surface area contributed by atoms with Crippen molar-refractivity contribution >= 4 is 15.9 Å². The van der Waals surface area contributed by atoms with E-state index in [2.05, 4.69) is 29.6 Å². The lowest BCUT2D eigenvalue weighted by Crippen LogP contribution is -2.15. The van der Waals surface area contributed by atoms with Gasteiger partial charge in [-0.05, 0) is 68.0 Å². The highest BCUT2D eigenvalue weighted by atomic mass is 32.2. The molecule has 0 saturated heterocycles. The molecule has 2 aliphatic rings. The average Bonchev–Trinajstić information content (AvgIpc) is 2.55. The fourth-order valence-corrected chi connectivity index (χ4v) is 5.25. The van der Waals surface area contributed by atoms with E-state index in [1.807, 2.05) is 0 Å². The monoisotopic (exact) mass is 290 g/mol. The Kier molecular flexibility index (Phi) is 5.18. The summed E-state index contributed by atoms with van der Waals surface area (Å²) in [4.78, 5) is 1.50. The molecular formula is C18H26OS. The molecule has 1 aromatic rings. The maximum Gasteiger partial charge on any atom is 0.119 e. The van der Waals surface area contributed by atoms with Gasteiger partial charge in [-0.3, -0.25) is 0 Å². The molecule has 1 fully saturated rings. The van der Waals surface area contributed by atoms with Gasteiger partial charge in [0.15, 0.2) is 0 Å². The summed E-state index contributed by atoms with van der Waals surface area (Å²) in [6.45, 7) is 0.914. The summed E-state index contributed by atoms with van der Waals surface area (Å²) < 4.78 is 5.98. The van der Waals surface area contributed by atoms with Crippen molar-refractivity contribution in [3.63, 3.8) is 0 Å². The molecule has 1 nitrogen and oxygen atoms in total. The Bertz CT molecular complexity index is 443. The topological polar surface area (TPSA) is 9.23 Å². The zero-order valence-corrected chi connectivity index (χ0v) is 13.2. The number of rotatable bonds is 4. The summed E-state index contributed by atoms with van der Waals surface area (Å²) in [6, 6.07) is 8.91. The largest absolute Gasteiger partial charge is 0.493 e. The Labute approximate surface area is 125 Å². The molecule has 1 atom stereocenters. The normalized spacial score (nSPS) is 24.1. The second kappa shape index (κ2) is 7.31. The van der Waals surface area contributed by atoms with Crippen LogP contribution in [0.2, 0.25) is 0 Å². The van der Waals surface area contributed by atoms with E-state index in [1.54, 1.807) is 0 Å². The van der Waals surface area contributed by atoms with Gasteiger partial charge in [0.2, 0.25) is 0 Å². The van der Waals surface area contributed by atoms with Crippen molar-refractivity contribution in [2.24, 2.45) is 5.92 Å². The highest BCUT2D eigenvalue weighted by Crippen LogP contribution is 2.32. The third-order valence-corrected chi connectivity index (χ3v) is 6.72. The third-order valence-electron chi connectivity index (χ3n) is 4.47. The van der Waals surface area contributed by atoms with Gasteiger partial charge in [0.05, 0.1) is 6.61 Å². The molecule has 0 amide bonds. The van der Waals surface area contributed by atoms with Crippen molar-refractivity contribution in [3.05, 3.63) is 24.3 Å². The van der Waals surface area contributed by atoms with E-state index in [0.29, 0.717) is 10.5 Å². The van der Waals surface area contributed by atoms with E-state index in [4.69, 9.17) is 4.74 Å². The minimum atomic E-state index is 0.395. The predicted molar refractivity (Wildman–Crippen MR) is 89.2 cm³/mol. The van der Waals surface area contributed by atoms with Gasteiger partial charge in [-0.25, -0.2) is 0 Å². The van der Waals surface area contributed by atoms with Crippen LogP contribution in [0.5, 0.6) is 5.75 Å². The fourth-order valence-electron chi connectivity index (χ4n) is 3.20. The third kappa shape index (κ3) is 3.88. The summed E-state index contributed by atoms with van der Waals surface area (Å²) in [5, 5.41) is 2.52. The summed E-state index contributed by atoms with van der Waals surface area (Å²) in [7, 11) is 0.395. The van der Waals surface area contributed by atoms with Gasteiger partial charge in [0.1, 0.15) is 5.75 Å². The highest BCUT2D eigenvalue weighted by Gasteiger charge is 2.14. The van der Waals surface area contributed by atoms with E-state index < -0.39 is 0 Å². The minimum Gasteiger partial charge on any atom is -0.493 e. The van der Waals surface area contributed by atoms with Crippen LogP contribution < -0.4 is 4.74 Å². The van der Waals surface area contributed by atoms with E-state index in [9.17, 15) is 0 Å². The number of hydrogen-bond donors (Lipinski definition) is 0. The molecule has 0 aromatic heterocycles. The van der Waals surface area contributed by atoms with Crippen molar-refractivity contribution in [2.45, 2.75) is 56.3 Å². The lowest BCUT2D eigenvalue weighted by Gasteiger charge is -2.21. The van der Waals surface area contributed by atoms with Gasteiger partial charge >= 0.3 is 0 Å². The molecular weight excluding hydrogens is 264 g/mol. The molecule has 3 rings (SSSR count). The molecule has 0 spiro atoms. The zero-order chi connectivity index (χ0) is 13.6. The van der Waals surface area contributed by atoms with Crippen LogP contribution in [0.4, 0.5) is 0 Å². The SMILES string of the molecule is C1=S(c2ccc(OCC3CCCCC3)cc2)CCCC1. The molecule has 20 heavy (non-hydrogen) atoms. The quantitative estimate of drug-likeness (QED) is 0.687. The van der Waals surface area contributed by atoms with Crippen LogP contribution in [0, 0.1) is 5.92 Å². The maximum atomic E-state index is 5.98. The van der Waals surface area contributed by atoms with Crippen LogP contribution in [0.1, 0.15) is 51.4 Å². The molecule has 0 bridgehead atoms. The van der Waals surface area contributed by atoms with Crippen molar-refractivity contribution in [2.75, 3.05) is 12.4 Å². The van der Waals surface area contributed by atoms with Crippen LogP contribution in [-0.4, -0.2) is 17.7 Å². The Morgan fingerprint density at radius 1 is 0.950 bits per heavy atom. The van der Waals surface area contributed by atoms with Gasteiger partial charge < -0.3 is 4.74 Å². The summed E-state index contributed by atoms with van der Waals surface area (Å²) in [6.07, 6.45) is 11.0. The van der Waals surface area contributed by atoms with E-state index in [-0.39, 0.29) is 0 Å². The first-order valence-corrected chi connectivity index (χ1v) is 9.63. The van der Waals surface area contributed by atoms with Gasteiger partial charge in [-0.2, -0.15) is 10.5 Å². The van der Waals surface area contributed by atoms with Crippen LogP contribution in [0.3, 0.4) is 0 Å². The fraction of sp³-hybridized carbons (Fsp3) is 0.611. The molecule has 1 aliphatic carbocycles. The van der Waals surface area contributed by atoms with Crippen LogP contribution >= 0.6 is 10.5 Å². The molecule has 0 N–H and O–H groups in total. The van der Waals surface area contributed by atoms with Crippen molar-refractivity contribution < 1.29 is 4.74 Å². The number of benzene rings is 1. The lowest BCUT2D eigenvalue weighted by atomic mass is 9.90. The van der Waals surface area contributed by atoms with Crippen LogP contribution in [0.25, 0.3) is 0 Å². The molecule has 0 radical (unpaired) electrons. The standard InChI is InChI=1S/C18H26OS/c1-3-7-16(8-4-1)15-19-17-9-11-18(12-10-17)20-13-5-2-6-14-20/h9-13,16H,1-8,14-15H2. The number of hydrogen-bond acceptors (Lipinski definition) is 1. The Balaban J connectivity index is 1.54. The second-order valence-electron chi connectivity index (χ2n) is 6.08. The average molecular weight is 290 g/mol. The Hall–Kier alpha value is -0.760. The molecule has 1 unspecified atom stereocenters. The number of ether oxygens (including phenoxy) is 1. The van der Waals surface area contributed by atoms with Crippen molar-refractivity contribution in [1.29, 1.82) is 0 Å². The van der Waals surface area contributed by atoms with Gasteiger partial charge in [0.25, 0.3) is 0 Å². The molecule has 1 aromatic carbocycles. The van der Waals surface area contributed by atoms with Crippen LogP contribution in [-0.2, 0) is 0 Å². The zero-order valence-electron chi connectivity index (χ0n) is 12.4. The van der Waals surface area contributed by atoms with Crippen molar-refractivity contribution in [1.82, 2.24) is 0 Å². The summed E-state index contributed by atoms with van der Waals surface area (Å²) >= 11 is 0. The second-order valence-corrected chi connectivity index (χ2v) is 8.15. The van der Waals surface area contributed by atoms with Gasteiger partial charge in [-0.15, -0.1) is 0 Å². The molecule has 1 heterocycles. The first kappa shape index (κ1) is 14.2. The maximum absolute atomic E-state index is 5.98. The summed E-state index contributed by atoms with van der Waals surface area (Å²) in [5.41, 5.74) is 0. The summed E-state index contributed by atoms with van der Waals surface area (Å²) in [5.74, 6) is 3.19. The van der Waals surface area contributed by atoms with E-state index in [0.717, 1.165) is 18.3 Å². The van der Waals surface area contributed by atoms with E-state index >= 15 is 0 Å². The first-order chi connectivity index (χ1) is 9.92. The predicted octanol–water partition coefficient (Wildman–Crippen LogP) is 5.26. The Morgan fingerprint density at radius 2 is 1.75 bits per heavy atom.